The maximum absolute atomic E-state index is 12.4. The number of rotatable bonds is 3. The smallest absolute Gasteiger partial charge is 0.416 e. The van der Waals surface area contributed by atoms with Crippen molar-refractivity contribution in [3.05, 3.63) is 35.9 Å². The van der Waals surface area contributed by atoms with E-state index in [1.165, 1.54) is 6.33 Å². The second-order valence-corrected chi connectivity index (χ2v) is 7.69. The van der Waals surface area contributed by atoms with Crippen molar-refractivity contribution in [3.63, 3.8) is 0 Å². The molecular formula is C17H17N7O2S. The molecule has 9 nitrogen and oxygen atoms in total. The summed E-state index contributed by atoms with van der Waals surface area (Å²) in [6, 6.07) is 2.05. The van der Waals surface area contributed by atoms with Gasteiger partial charge in [-0.3, -0.25) is 4.90 Å². The van der Waals surface area contributed by atoms with E-state index in [0.29, 0.717) is 11.8 Å². The molecule has 1 fully saturated rings. The number of aromatic nitrogens is 5. The number of ether oxygens (including phenoxy) is 1. The van der Waals surface area contributed by atoms with Crippen LogP contribution in [0, 0.1) is 6.92 Å². The minimum Gasteiger partial charge on any atom is -0.444 e. The van der Waals surface area contributed by atoms with Crippen molar-refractivity contribution in [2.75, 3.05) is 21.7 Å². The number of carbonyl (C=O) groups excluding carboxylic acids is 1. The number of hydrogen-bond acceptors (Lipinski definition) is 8. The fourth-order valence-corrected chi connectivity index (χ4v) is 4.51. The lowest BCUT2D eigenvalue weighted by Crippen LogP contribution is -2.44. The molecule has 0 spiro atoms. The SMILES string of the molecule is Cc1cc2ncnn2cc1Nc1ncc2c(n1)N(C1CCSC1)C(=O)OC2. The Morgan fingerprint density at radius 1 is 1.37 bits per heavy atom. The van der Waals surface area contributed by atoms with Crippen molar-refractivity contribution in [2.24, 2.45) is 0 Å². The molecular weight excluding hydrogens is 366 g/mol. The van der Waals surface area contributed by atoms with Gasteiger partial charge in [-0.1, -0.05) is 0 Å². The molecule has 27 heavy (non-hydrogen) atoms. The Kier molecular flexibility index (Phi) is 3.85. The fourth-order valence-electron chi connectivity index (χ4n) is 3.32. The summed E-state index contributed by atoms with van der Waals surface area (Å²) in [6.45, 7) is 2.18. The summed E-state index contributed by atoms with van der Waals surface area (Å²) in [6.07, 6.45) is 5.68. The lowest BCUT2D eigenvalue weighted by Gasteiger charge is -2.31. The Morgan fingerprint density at radius 3 is 3.15 bits per heavy atom. The van der Waals surface area contributed by atoms with Crippen molar-refractivity contribution in [3.8, 4) is 0 Å². The van der Waals surface area contributed by atoms with E-state index < -0.39 is 0 Å². The van der Waals surface area contributed by atoms with Crippen LogP contribution in [-0.2, 0) is 11.3 Å². The lowest BCUT2D eigenvalue weighted by molar-refractivity contribution is 0.138. The van der Waals surface area contributed by atoms with Gasteiger partial charge in [0.25, 0.3) is 0 Å². The van der Waals surface area contributed by atoms with Crippen molar-refractivity contribution in [1.29, 1.82) is 0 Å². The minimum absolute atomic E-state index is 0.109. The molecule has 3 aromatic rings. The number of fused-ring (bicyclic) bond motifs is 2. The average molecular weight is 383 g/mol. The number of anilines is 3. The number of nitrogens with one attached hydrogen (secondary N) is 1. The highest BCUT2D eigenvalue weighted by Crippen LogP contribution is 2.33. The summed E-state index contributed by atoms with van der Waals surface area (Å²) in [5.74, 6) is 3.00. The molecule has 0 saturated carbocycles. The van der Waals surface area contributed by atoms with E-state index in [1.807, 2.05) is 30.9 Å². The molecule has 3 aromatic heterocycles. The number of hydrogen-bond donors (Lipinski definition) is 1. The lowest BCUT2D eigenvalue weighted by atomic mass is 10.2. The van der Waals surface area contributed by atoms with Crippen molar-refractivity contribution >= 4 is 41.0 Å². The van der Waals surface area contributed by atoms with E-state index in [1.54, 1.807) is 15.6 Å². The molecule has 10 heteroatoms. The van der Waals surface area contributed by atoms with E-state index in [-0.39, 0.29) is 18.7 Å². The number of aryl methyl sites for hydroxylation is 1. The van der Waals surface area contributed by atoms with Crippen LogP contribution in [0.5, 0.6) is 0 Å². The molecule has 1 unspecified atom stereocenters. The third-order valence-electron chi connectivity index (χ3n) is 4.76. The third-order valence-corrected chi connectivity index (χ3v) is 5.90. The van der Waals surface area contributed by atoms with E-state index in [9.17, 15) is 4.79 Å². The minimum atomic E-state index is -0.333. The van der Waals surface area contributed by atoms with Gasteiger partial charge in [0.2, 0.25) is 5.95 Å². The molecule has 2 aliphatic heterocycles. The highest BCUT2D eigenvalue weighted by Gasteiger charge is 2.35. The Labute approximate surface area is 159 Å². The van der Waals surface area contributed by atoms with Gasteiger partial charge in [0.15, 0.2) is 11.5 Å². The predicted octanol–water partition coefficient (Wildman–Crippen LogP) is 2.53. The number of pyridine rings is 1. The summed E-state index contributed by atoms with van der Waals surface area (Å²) < 4.78 is 6.99. The molecule has 0 aromatic carbocycles. The van der Waals surface area contributed by atoms with Gasteiger partial charge >= 0.3 is 6.09 Å². The number of carbonyl (C=O) groups is 1. The zero-order valence-electron chi connectivity index (χ0n) is 14.6. The number of amides is 1. The molecule has 1 atom stereocenters. The zero-order chi connectivity index (χ0) is 18.4. The molecule has 2 aliphatic rings. The molecule has 1 amide bonds. The summed E-state index contributed by atoms with van der Waals surface area (Å²) in [4.78, 5) is 27.3. The van der Waals surface area contributed by atoms with Gasteiger partial charge in [0.05, 0.1) is 23.5 Å². The van der Waals surface area contributed by atoms with E-state index in [2.05, 4.69) is 25.4 Å². The first kappa shape index (κ1) is 16.3. The number of thioether (sulfide) groups is 1. The molecule has 1 N–H and O–H groups in total. The van der Waals surface area contributed by atoms with Gasteiger partial charge in [-0.2, -0.15) is 21.8 Å². The van der Waals surface area contributed by atoms with Crippen molar-refractivity contribution in [2.45, 2.75) is 26.0 Å². The highest BCUT2D eigenvalue weighted by atomic mass is 32.2. The number of cyclic esters (lactones) is 1. The second-order valence-electron chi connectivity index (χ2n) is 6.54. The molecule has 0 radical (unpaired) electrons. The first-order chi connectivity index (χ1) is 13.2. The van der Waals surface area contributed by atoms with Crippen LogP contribution < -0.4 is 10.2 Å². The maximum Gasteiger partial charge on any atom is 0.416 e. The predicted molar refractivity (Wildman–Crippen MR) is 101 cm³/mol. The third kappa shape index (κ3) is 2.85. The number of nitrogens with zero attached hydrogens (tertiary/aromatic N) is 6. The zero-order valence-corrected chi connectivity index (χ0v) is 15.4. The summed E-state index contributed by atoms with van der Waals surface area (Å²) in [5.41, 5.74) is 3.42. The van der Waals surface area contributed by atoms with Gasteiger partial charge in [-0.05, 0) is 30.7 Å². The summed E-state index contributed by atoms with van der Waals surface area (Å²) in [7, 11) is 0. The average Bonchev–Trinajstić information content (AvgIpc) is 3.33. The van der Waals surface area contributed by atoms with Gasteiger partial charge in [-0.25, -0.2) is 19.3 Å². The Hall–Kier alpha value is -2.88. The quantitative estimate of drug-likeness (QED) is 0.737. The highest BCUT2D eigenvalue weighted by molar-refractivity contribution is 7.99. The normalized spacial score (nSPS) is 19.2. The topological polar surface area (TPSA) is 97.5 Å². The fraction of sp³-hybridized carbons (Fsp3) is 0.353. The Balaban J connectivity index is 1.50. The molecule has 5 heterocycles. The van der Waals surface area contributed by atoms with Crippen LogP contribution >= 0.6 is 11.8 Å². The molecule has 138 valence electrons. The van der Waals surface area contributed by atoms with Gasteiger partial charge < -0.3 is 10.1 Å². The molecule has 5 rings (SSSR count). The Bertz CT molecular complexity index is 1030. The monoisotopic (exact) mass is 383 g/mol. The standard InChI is InChI=1S/C17H17N7O2S/c1-10-4-14-19-9-20-23(14)6-13(10)21-16-18-5-11-7-26-17(25)24(15(11)22-16)12-2-3-27-8-12/h4-6,9,12H,2-3,7-8H2,1H3,(H,18,21,22). The van der Waals surface area contributed by atoms with Gasteiger partial charge in [0, 0.05) is 11.9 Å². The van der Waals surface area contributed by atoms with Crippen molar-refractivity contribution < 1.29 is 9.53 Å². The van der Waals surface area contributed by atoms with Crippen LogP contribution in [0.3, 0.4) is 0 Å². The Morgan fingerprint density at radius 2 is 2.30 bits per heavy atom. The van der Waals surface area contributed by atoms with Crippen LogP contribution in [0.15, 0.2) is 24.8 Å². The maximum atomic E-state index is 12.4. The molecule has 0 bridgehead atoms. The molecule has 0 aliphatic carbocycles. The van der Waals surface area contributed by atoms with Crippen LogP contribution in [0.2, 0.25) is 0 Å². The first-order valence-electron chi connectivity index (χ1n) is 8.66. The van der Waals surface area contributed by atoms with E-state index in [0.717, 1.165) is 40.4 Å². The second kappa shape index (κ2) is 6.38. The first-order valence-corrected chi connectivity index (χ1v) is 9.81. The van der Waals surface area contributed by atoms with Gasteiger partial charge in [0.1, 0.15) is 12.9 Å². The van der Waals surface area contributed by atoms with E-state index >= 15 is 0 Å². The van der Waals surface area contributed by atoms with E-state index in [4.69, 9.17) is 4.74 Å². The summed E-state index contributed by atoms with van der Waals surface area (Å²) in [5, 5.41) is 7.40. The van der Waals surface area contributed by atoms with Crippen LogP contribution in [0.25, 0.3) is 5.65 Å². The van der Waals surface area contributed by atoms with Gasteiger partial charge in [-0.15, -0.1) is 0 Å². The van der Waals surface area contributed by atoms with Crippen LogP contribution in [0.4, 0.5) is 22.2 Å². The van der Waals surface area contributed by atoms with Crippen molar-refractivity contribution in [1.82, 2.24) is 24.6 Å². The summed E-state index contributed by atoms with van der Waals surface area (Å²) >= 11 is 1.84. The van der Waals surface area contributed by atoms with Crippen LogP contribution in [0.1, 0.15) is 17.5 Å². The molecule has 1 saturated heterocycles. The van der Waals surface area contributed by atoms with Crippen LogP contribution in [-0.4, -0.2) is 48.2 Å². The largest absolute Gasteiger partial charge is 0.444 e.